The normalized spacial score (nSPS) is 16.6. The van der Waals surface area contributed by atoms with Crippen molar-refractivity contribution in [3.05, 3.63) is 53.1 Å². The quantitative estimate of drug-likeness (QED) is 0.634. The first kappa shape index (κ1) is 18.9. The molecule has 0 saturated carbocycles. The Morgan fingerprint density at radius 1 is 1.21 bits per heavy atom. The van der Waals surface area contributed by atoms with Gasteiger partial charge in [-0.1, -0.05) is 12.1 Å². The summed E-state index contributed by atoms with van der Waals surface area (Å²) in [6.45, 7) is 3.67. The number of carbonyl (C=O) groups is 1. The number of nitrogens with zero attached hydrogens (tertiary/aromatic N) is 5. The van der Waals surface area contributed by atoms with Crippen molar-refractivity contribution >= 4 is 28.7 Å². The number of carbonyl (C=O) groups excluding carboxylic acids is 1. The van der Waals surface area contributed by atoms with Crippen LogP contribution in [0.3, 0.4) is 0 Å². The van der Waals surface area contributed by atoms with E-state index in [1.165, 1.54) is 4.57 Å². The molecule has 9 heteroatoms. The number of hydrogen-bond acceptors (Lipinski definition) is 7. The topological polar surface area (TPSA) is 105 Å². The fraction of sp³-hybridized carbons (Fsp3) is 0.350. The maximum atomic E-state index is 12.7. The van der Waals surface area contributed by atoms with Crippen LogP contribution in [0.2, 0.25) is 0 Å². The van der Waals surface area contributed by atoms with Gasteiger partial charge in [-0.2, -0.15) is 0 Å². The second-order valence-corrected chi connectivity index (χ2v) is 6.95. The molecule has 9 nitrogen and oxygen atoms in total. The first-order valence-corrected chi connectivity index (χ1v) is 9.74. The Kier molecular flexibility index (Phi) is 5.37. The minimum absolute atomic E-state index is 0.139. The summed E-state index contributed by atoms with van der Waals surface area (Å²) in [5.41, 5.74) is 6.03. The lowest BCUT2D eigenvalue weighted by molar-refractivity contribution is -0.124. The number of benzene rings is 1. The molecule has 1 fully saturated rings. The van der Waals surface area contributed by atoms with Crippen LogP contribution in [-0.2, 0) is 11.3 Å². The lowest BCUT2D eigenvalue weighted by atomic mass is 9.98. The molecule has 1 amide bonds. The molecule has 0 spiro atoms. The molecule has 2 N–H and O–H groups in total. The van der Waals surface area contributed by atoms with E-state index in [-0.39, 0.29) is 17.4 Å². The van der Waals surface area contributed by atoms with E-state index >= 15 is 0 Å². The largest absolute Gasteiger partial charge is 0.340 e. The number of amides is 1. The lowest BCUT2D eigenvalue weighted by Crippen LogP contribution is -2.45. The number of nitrogens with one attached hydrogen (secondary N) is 2. The van der Waals surface area contributed by atoms with Crippen LogP contribution in [0.25, 0.3) is 10.9 Å². The zero-order chi connectivity index (χ0) is 20.2. The molecule has 29 heavy (non-hydrogen) atoms. The molecule has 1 aromatic carbocycles. The van der Waals surface area contributed by atoms with Gasteiger partial charge in [-0.05, 0) is 38.0 Å². The Morgan fingerprint density at radius 3 is 2.79 bits per heavy atom. The molecule has 3 aromatic rings. The molecule has 150 valence electrons. The third kappa shape index (κ3) is 3.89. The van der Waals surface area contributed by atoms with Gasteiger partial charge in [0.25, 0.3) is 5.56 Å². The highest BCUT2D eigenvalue weighted by molar-refractivity contribution is 5.81. The first-order chi connectivity index (χ1) is 14.2. The number of aromatic nitrogens is 4. The van der Waals surface area contributed by atoms with E-state index in [1.54, 1.807) is 30.6 Å². The number of hydrogen-bond donors (Lipinski definition) is 2. The van der Waals surface area contributed by atoms with Gasteiger partial charge in [0, 0.05) is 32.0 Å². The summed E-state index contributed by atoms with van der Waals surface area (Å²) < 4.78 is 1.51. The predicted molar refractivity (Wildman–Crippen MR) is 110 cm³/mol. The Bertz CT molecular complexity index is 1070. The van der Waals surface area contributed by atoms with Crippen LogP contribution in [0.5, 0.6) is 0 Å². The maximum absolute atomic E-state index is 12.7. The average molecular weight is 393 g/mol. The smallest absolute Gasteiger partial charge is 0.262 e. The van der Waals surface area contributed by atoms with Crippen LogP contribution in [0.4, 0.5) is 11.9 Å². The molecular weight excluding hydrogens is 370 g/mol. The van der Waals surface area contributed by atoms with E-state index in [1.807, 2.05) is 24.0 Å². The van der Waals surface area contributed by atoms with E-state index in [0.29, 0.717) is 35.9 Å². The number of hydrazine groups is 1. The number of piperidine rings is 1. The molecule has 1 aliphatic heterocycles. The van der Waals surface area contributed by atoms with Gasteiger partial charge >= 0.3 is 0 Å². The Balaban J connectivity index is 1.47. The SMILES string of the molecule is CCn1c(NNC(=O)C2CCCN(c3ncccn3)C2)nc2ccccc2c1=O. The summed E-state index contributed by atoms with van der Waals surface area (Å²) in [7, 11) is 0. The van der Waals surface area contributed by atoms with Crippen LogP contribution in [0, 0.1) is 5.92 Å². The highest BCUT2D eigenvalue weighted by Crippen LogP contribution is 2.20. The minimum atomic E-state index is -0.206. The Morgan fingerprint density at radius 2 is 2.00 bits per heavy atom. The van der Waals surface area contributed by atoms with Crippen molar-refractivity contribution in [1.29, 1.82) is 0 Å². The summed E-state index contributed by atoms with van der Waals surface area (Å²) in [6, 6.07) is 8.94. The predicted octanol–water partition coefficient (Wildman–Crippen LogP) is 1.57. The molecule has 4 rings (SSSR count). The molecule has 0 radical (unpaired) electrons. The van der Waals surface area contributed by atoms with E-state index in [0.717, 1.165) is 19.4 Å². The lowest BCUT2D eigenvalue weighted by Gasteiger charge is -2.31. The zero-order valence-electron chi connectivity index (χ0n) is 16.2. The summed E-state index contributed by atoms with van der Waals surface area (Å²) in [5, 5.41) is 0.553. The van der Waals surface area contributed by atoms with E-state index in [2.05, 4.69) is 25.8 Å². The van der Waals surface area contributed by atoms with Crippen LogP contribution >= 0.6 is 0 Å². The maximum Gasteiger partial charge on any atom is 0.262 e. The Labute approximate surface area is 167 Å². The van der Waals surface area contributed by atoms with Gasteiger partial charge in [0.2, 0.25) is 17.8 Å². The van der Waals surface area contributed by atoms with Crippen LogP contribution in [-0.4, -0.2) is 38.5 Å². The van der Waals surface area contributed by atoms with Gasteiger partial charge in [-0.15, -0.1) is 0 Å². The number of para-hydroxylation sites is 1. The van der Waals surface area contributed by atoms with Crippen molar-refractivity contribution in [3.8, 4) is 0 Å². The molecule has 0 bridgehead atoms. The average Bonchev–Trinajstić information content (AvgIpc) is 2.78. The van der Waals surface area contributed by atoms with Crippen molar-refractivity contribution in [2.75, 3.05) is 23.4 Å². The van der Waals surface area contributed by atoms with Gasteiger partial charge in [0.15, 0.2) is 0 Å². The van der Waals surface area contributed by atoms with Crippen molar-refractivity contribution in [2.45, 2.75) is 26.3 Å². The number of anilines is 2. The monoisotopic (exact) mass is 393 g/mol. The van der Waals surface area contributed by atoms with Crippen LogP contribution in [0.1, 0.15) is 19.8 Å². The van der Waals surface area contributed by atoms with Crippen LogP contribution < -0.4 is 21.3 Å². The van der Waals surface area contributed by atoms with E-state index in [9.17, 15) is 9.59 Å². The molecule has 3 heterocycles. The summed E-state index contributed by atoms with van der Waals surface area (Å²) >= 11 is 0. The summed E-state index contributed by atoms with van der Waals surface area (Å²) in [5.74, 6) is 0.607. The van der Waals surface area contributed by atoms with Gasteiger partial charge in [-0.25, -0.2) is 15.0 Å². The molecule has 0 aliphatic carbocycles. The van der Waals surface area contributed by atoms with Gasteiger partial charge in [0.1, 0.15) is 0 Å². The molecule has 2 aromatic heterocycles. The van der Waals surface area contributed by atoms with E-state index in [4.69, 9.17) is 0 Å². The first-order valence-electron chi connectivity index (χ1n) is 9.74. The fourth-order valence-electron chi connectivity index (χ4n) is 3.60. The van der Waals surface area contributed by atoms with Crippen molar-refractivity contribution in [1.82, 2.24) is 24.9 Å². The minimum Gasteiger partial charge on any atom is -0.340 e. The third-order valence-corrected chi connectivity index (χ3v) is 5.10. The van der Waals surface area contributed by atoms with E-state index < -0.39 is 0 Å². The van der Waals surface area contributed by atoms with Crippen molar-refractivity contribution in [3.63, 3.8) is 0 Å². The number of fused-ring (bicyclic) bond motifs is 1. The molecule has 1 unspecified atom stereocenters. The van der Waals surface area contributed by atoms with Crippen LogP contribution in [0.15, 0.2) is 47.5 Å². The van der Waals surface area contributed by atoms with Crippen molar-refractivity contribution in [2.24, 2.45) is 5.92 Å². The second kappa shape index (κ2) is 8.26. The highest BCUT2D eigenvalue weighted by Gasteiger charge is 2.27. The zero-order valence-corrected chi connectivity index (χ0v) is 16.2. The molecule has 1 saturated heterocycles. The van der Waals surface area contributed by atoms with Gasteiger partial charge < -0.3 is 4.90 Å². The summed E-state index contributed by atoms with van der Waals surface area (Å²) in [6.07, 6.45) is 5.05. The Hall–Kier alpha value is -3.49. The molecule has 1 atom stereocenters. The van der Waals surface area contributed by atoms with Crippen molar-refractivity contribution < 1.29 is 4.79 Å². The highest BCUT2D eigenvalue weighted by atomic mass is 16.2. The number of rotatable bonds is 5. The molecular formula is C20H23N7O2. The van der Waals surface area contributed by atoms with Gasteiger partial charge in [-0.3, -0.25) is 25.0 Å². The fourth-order valence-corrected chi connectivity index (χ4v) is 3.60. The third-order valence-electron chi connectivity index (χ3n) is 5.10. The standard InChI is InChI=1S/C20H23N7O2/c1-2-27-18(29)15-8-3-4-9-16(15)23-20(27)25-24-17(28)14-7-5-12-26(13-14)19-21-10-6-11-22-19/h3-4,6,8-11,14H,2,5,7,12-13H2,1H3,(H,23,25)(H,24,28). The molecule has 1 aliphatic rings. The summed E-state index contributed by atoms with van der Waals surface area (Å²) in [4.78, 5) is 40.5. The van der Waals surface area contributed by atoms with Gasteiger partial charge in [0.05, 0.1) is 16.8 Å². The second-order valence-electron chi connectivity index (χ2n) is 6.95.